The van der Waals surface area contributed by atoms with Crippen LogP contribution in [0.1, 0.15) is 17.7 Å². The number of nitrogens with two attached hydrogens (primary N) is 1. The molecule has 0 aliphatic carbocycles. The monoisotopic (exact) mass is 376 g/mol. The molecule has 0 aliphatic rings. The number of hydrogen-bond acceptors (Lipinski definition) is 6. The molecule has 0 fully saturated rings. The number of aromatic amines is 1. The van der Waals surface area contributed by atoms with Crippen molar-refractivity contribution in [1.82, 2.24) is 9.97 Å². The van der Waals surface area contributed by atoms with Crippen LogP contribution in [0.15, 0.2) is 54.1 Å². The highest BCUT2D eigenvalue weighted by Gasteiger charge is 2.00. The topological polar surface area (TPSA) is 171 Å². The fourth-order valence-electron chi connectivity index (χ4n) is 1.80. The largest absolute Gasteiger partial charge is 0.494 e. The second-order valence-corrected chi connectivity index (χ2v) is 5.05. The van der Waals surface area contributed by atoms with Gasteiger partial charge in [0.05, 0.1) is 12.9 Å². The third kappa shape index (κ3) is 9.29. The summed E-state index contributed by atoms with van der Waals surface area (Å²) in [6.45, 7) is 0.627. The average Bonchev–Trinajstić information content (AvgIpc) is 3.17. The van der Waals surface area contributed by atoms with Gasteiger partial charge in [0.15, 0.2) is 5.84 Å². The van der Waals surface area contributed by atoms with Gasteiger partial charge in [-0.2, -0.15) is 0 Å². The Morgan fingerprint density at radius 1 is 1.19 bits per heavy atom. The van der Waals surface area contributed by atoms with E-state index in [0.717, 1.165) is 24.3 Å². The van der Waals surface area contributed by atoms with E-state index in [2.05, 4.69) is 15.1 Å². The summed E-state index contributed by atoms with van der Waals surface area (Å²) >= 11 is 0. The summed E-state index contributed by atoms with van der Waals surface area (Å²) in [6, 6.07) is 7.09. The molecule has 0 saturated heterocycles. The lowest BCUT2D eigenvalue weighted by atomic mass is 10.2. The Kier molecular flexibility index (Phi) is 9.19. The number of nitrogens with one attached hydrogen (secondary N) is 1. The number of aliphatic carboxylic acids is 2. The maximum absolute atomic E-state index is 9.55. The molecule has 10 nitrogen and oxygen atoms in total. The van der Waals surface area contributed by atoms with Gasteiger partial charge in [0, 0.05) is 29.6 Å². The number of H-pyrrole nitrogens is 1. The first-order chi connectivity index (χ1) is 12.9. The van der Waals surface area contributed by atoms with Gasteiger partial charge in [-0.1, -0.05) is 5.16 Å². The van der Waals surface area contributed by atoms with E-state index < -0.39 is 11.9 Å². The molecule has 0 aliphatic heterocycles. The van der Waals surface area contributed by atoms with Crippen molar-refractivity contribution >= 4 is 17.8 Å². The number of amidine groups is 1. The minimum atomic E-state index is -1.26. The molecule has 27 heavy (non-hydrogen) atoms. The molecule has 1 aromatic heterocycles. The van der Waals surface area contributed by atoms with Crippen LogP contribution in [0.2, 0.25) is 0 Å². The normalized spacial score (nSPS) is 10.9. The number of aryl methyl sites for hydroxylation is 1. The number of aromatic nitrogens is 2. The zero-order chi connectivity index (χ0) is 20.1. The van der Waals surface area contributed by atoms with Crippen LogP contribution in [0.3, 0.4) is 0 Å². The van der Waals surface area contributed by atoms with Crippen LogP contribution in [0.4, 0.5) is 0 Å². The zero-order valence-electron chi connectivity index (χ0n) is 14.3. The Bertz CT molecular complexity index is 753. The predicted molar refractivity (Wildman–Crippen MR) is 95.8 cm³/mol. The molecule has 1 heterocycles. The van der Waals surface area contributed by atoms with Crippen LogP contribution in [0, 0.1) is 0 Å². The summed E-state index contributed by atoms with van der Waals surface area (Å²) in [5.41, 5.74) is 7.23. The van der Waals surface area contributed by atoms with Crippen molar-refractivity contribution in [1.29, 1.82) is 0 Å². The number of rotatable bonds is 8. The molecular formula is C17H20N4O6. The molecule has 0 radical (unpaired) electrons. The second-order valence-electron chi connectivity index (χ2n) is 5.05. The number of hydrogen-bond donors (Lipinski definition) is 5. The molecule has 0 unspecified atom stereocenters. The van der Waals surface area contributed by atoms with Crippen LogP contribution < -0.4 is 10.5 Å². The summed E-state index contributed by atoms with van der Waals surface area (Å²) in [5, 5.41) is 27.1. The van der Waals surface area contributed by atoms with E-state index in [0.29, 0.717) is 24.3 Å². The maximum Gasteiger partial charge on any atom is 0.328 e. The predicted octanol–water partition coefficient (Wildman–Crippen LogP) is 1.23. The highest BCUT2D eigenvalue weighted by molar-refractivity contribution is 5.97. The smallest absolute Gasteiger partial charge is 0.328 e. The lowest BCUT2D eigenvalue weighted by Gasteiger charge is -2.06. The molecule has 2 rings (SSSR count). The summed E-state index contributed by atoms with van der Waals surface area (Å²) in [7, 11) is 0. The maximum atomic E-state index is 9.55. The number of nitrogens with zero attached hydrogens (tertiary/aromatic N) is 2. The minimum Gasteiger partial charge on any atom is -0.494 e. The zero-order valence-corrected chi connectivity index (χ0v) is 14.3. The van der Waals surface area contributed by atoms with E-state index in [1.54, 1.807) is 30.6 Å². The molecule has 1 aromatic carbocycles. The number of carbonyl (C=O) groups is 2. The first-order valence-electron chi connectivity index (χ1n) is 7.74. The second kappa shape index (κ2) is 11.7. The van der Waals surface area contributed by atoms with E-state index in [4.69, 9.17) is 25.9 Å². The van der Waals surface area contributed by atoms with E-state index in [1.807, 2.05) is 6.20 Å². The van der Waals surface area contributed by atoms with Crippen molar-refractivity contribution in [3.63, 3.8) is 0 Å². The number of imidazole rings is 1. The summed E-state index contributed by atoms with van der Waals surface area (Å²) < 4.78 is 5.60. The fourth-order valence-corrected chi connectivity index (χ4v) is 1.80. The quantitative estimate of drug-likeness (QED) is 0.114. The number of ether oxygens (including phenoxy) is 1. The molecule has 0 atom stereocenters. The SMILES string of the molecule is N/C(=N\O)c1ccc(OCCCc2cnc[nH]2)cc1.O=C(O)/C=C\C(=O)O. The van der Waals surface area contributed by atoms with Gasteiger partial charge in [-0.05, 0) is 37.1 Å². The number of oxime groups is 1. The molecule has 2 aromatic rings. The van der Waals surface area contributed by atoms with E-state index in [-0.39, 0.29) is 5.84 Å². The standard InChI is InChI=1S/C13H16N4O2.C4H4O4/c14-13(17-18)10-3-5-12(6-4-10)19-7-1-2-11-8-15-9-16-11;5-3(6)1-2-4(7)8/h3-6,8-9,18H,1-2,7H2,(H2,14,17)(H,15,16);1-2H,(H,5,6)(H,7,8)/b;2-1-. The molecule has 144 valence electrons. The molecule has 0 saturated carbocycles. The van der Waals surface area contributed by atoms with Crippen molar-refractivity contribution in [2.75, 3.05) is 6.61 Å². The Hall–Kier alpha value is -3.82. The summed E-state index contributed by atoms with van der Waals surface area (Å²) in [5.74, 6) is -1.66. The molecule has 0 amide bonds. The highest BCUT2D eigenvalue weighted by atomic mass is 16.5. The summed E-state index contributed by atoms with van der Waals surface area (Å²) in [4.78, 5) is 26.1. The lowest BCUT2D eigenvalue weighted by Crippen LogP contribution is -2.12. The van der Waals surface area contributed by atoms with E-state index >= 15 is 0 Å². The summed E-state index contributed by atoms with van der Waals surface area (Å²) in [6.07, 6.45) is 6.41. The van der Waals surface area contributed by atoms with Crippen LogP contribution in [-0.2, 0) is 16.0 Å². The van der Waals surface area contributed by atoms with Gasteiger partial charge >= 0.3 is 11.9 Å². The first-order valence-corrected chi connectivity index (χ1v) is 7.74. The Labute approximate surface area is 154 Å². The molecule has 10 heteroatoms. The first kappa shape index (κ1) is 21.2. The van der Waals surface area contributed by atoms with Gasteiger partial charge < -0.3 is 30.9 Å². The average molecular weight is 376 g/mol. The molecule has 0 bridgehead atoms. The lowest BCUT2D eigenvalue weighted by molar-refractivity contribution is -0.134. The number of carboxylic acids is 2. The third-order valence-corrected chi connectivity index (χ3v) is 3.04. The van der Waals surface area contributed by atoms with Crippen molar-refractivity contribution in [3.8, 4) is 5.75 Å². The van der Waals surface area contributed by atoms with Crippen LogP contribution in [-0.4, -0.2) is 49.8 Å². The van der Waals surface area contributed by atoms with Crippen LogP contribution in [0.5, 0.6) is 5.75 Å². The van der Waals surface area contributed by atoms with Crippen molar-refractivity contribution < 1.29 is 29.7 Å². The van der Waals surface area contributed by atoms with E-state index in [1.165, 1.54) is 0 Å². The van der Waals surface area contributed by atoms with Gasteiger partial charge in [0.2, 0.25) is 0 Å². The Balaban J connectivity index is 0.000000387. The molecule has 6 N–H and O–H groups in total. The minimum absolute atomic E-state index is 0.0887. The van der Waals surface area contributed by atoms with Gasteiger partial charge in [0.25, 0.3) is 0 Å². The van der Waals surface area contributed by atoms with Crippen molar-refractivity contribution in [2.24, 2.45) is 10.9 Å². The van der Waals surface area contributed by atoms with Gasteiger partial charge in [-0.15, -0.1) is 0 Å². The van der Waals surface area contributed by atoms with Crippen LogP contribution >= 0.6 is 0 Å². The van der Waals surface area contributed by atoms with Crippen molar-refractivity contribution in [2.45, 2.75) is 12.8 Å². The van der Waals surface area contributed by atoms with E-state index in [9.17, 15) is 9.59 Å². The van der Waals surface area contributed by atoms with Gasteiger partial charge in [-0.25, -0.2) is 14.6 Å². The van der Waals surface area contributed by atoms with Crippen molar-refractivity contribution in [3.05, 3.63) is 60.2 Å². The van der Waals surface area contributed by atoms with Gasteiger partial charge in [-0.3, -0.25) is 0 Å². The number of benzene rings is 1. The molecule has 0 spiro atoms. The fraction of sp³-hybridized carbons (Fsp3) is 0.176. The highest BCUT2D eigenvalue weighted by Crippen LogP contribution is 2.12. The molecular weight excluding hydrogens is 356 g/mol. The third-order valence-electron chi connectivity index (χ3n) is 3.04. The Morgan fingerprint density at radius 3 is 2.30 bits per heavy atom. The van der Waals surface area contributed by atoms with Gasteiger partial charge in [0.1, 0.15) is 5.75 Å². The Morgan fingerprint density at radius 2 is 1.81 bits per heavy atom. The number of carboxylic acid groups (broad SMARTS) is 2. The van der Waals surface area contributed by atoms with Crippen LogP contribution in [0.25, 0.3) is 0 Å².